The monoisotopic (exact) mass is 448 g/mol. The third kappa shape index (κ3) is 4.30. The molecule has 1 aromatic carbocycles. The number of piperidine rings is 1. The van der Waals surface area contributed by atoms with E-state index < -0.39 is 5.41 Å². The summed E-state index contributed by atoms with van der Waals surface area (Å²) in [7, 11) is 1.67. The van der Waals surface area contributed by atoms with Gasteiger partial charge in [-0.05, 0) is 55.7 Å². The Labute approximate surface area is 192 Å². The number of likely N-dealkylation sites (tertiary alicyclic amines) is 1. The molecule has 1 saturated heterocycles. The molecule has 166 valence electrons. The molecule has 1 fully saturated rings. The van der Waals surface area contributed by atoms with Crippen molar-refractivity contribution in [3.63, 3.8) is 0 Å². The van der Waals surface area contributed by atoms with Crippen molar-refractivity contribution in [3.8, 4) is 10.4 Å². The highest BCUT2D eigenvalue weighted by molar-refractivity contribution is 7.13. The molecule has 7 heteroatoms. The van der Waals surface area contributed by atoms with Crippen LogP contribution in [0.4, 0.5) is 0 Å². The average Bonchev–Trinajstić information content (AvgIpc) is 3.33. The van der Waals surface area contributed by atoms with E-state index in [1.807, 2.05) is 32.0 Å². The quantitative estimate of drug-likeness (QED) is 0.639. The Morgan fingerprint density at radius 1 is 1.19 bits per heavy atom. The molecule has 3 aromatic rings. The lowest BCUT2D eigenvalue weighted by Crippen LogP contribution is -2.54. The van der Waals surface area contributed by atoms with Gasteiger partial charge < -0.3 is 10.2 Å². The highest BCUT2D eigenvalue weighted by Gasteiger charge is 2.43. The molecular formula is C25H28N4O2S. The Balaban J connectivity index is 1.67. The molecule has 0 spiro atoms. The molecule has 0 unspecified atom stereocenters. The minimum atomic E-state index is -0.685. The molecule has 1 N–H and O–H groups in total. The number of rotatable bonds is 5. The van der Waals surface area contributed by atoms with Crippen LogP contribution in [-0.4, -0.2) is 46.8 Å². The highest BCUT2D eigenvalue weighted by Crippen LogP contribution is 2.38. The normalized spacial score (nSPS) is 18.4. The number of carbonyl (C=O) groups is 2. The van der Waals surface area contributed by atoms with Gasteiger partial charge in [0.05, 0.1) is 16.7 Å². The van der Waals surface area contributed by atoms with Gasteiger partial charge in [-0.3, -0.25) is 9.59 Å². The van der Waals surface area contributed by atoms with Crippen LogP contribution in [-0.2, 0) is 11.2 Å². The number of thiophene rings is 1. The number of carbonyl (C=O) groups excluding carboxylic acids is 2. The van der Waals surface area contributed by atoms with Crippen LogP contribution >= 0.6 is 11.3 Å². The number of nitrogens with one attached hydrogen (secondary N) is 1. The van der Waals surface area contributed by atoms with Gasteiger partial charge in [0.25, 0.3) is 5.91 Å². The first-order chi connectivity index (χ1) is 15.4. The molecule has 1 atom stereocenters. The second kappa shape index (κ2) is 9.20. The van der Waals surface area contributed by atoms with Crippen LogP contribution in [0.3, 0.4) is 0 Å². The third-order valence-electron chi connectivity index (χ3n) is 6.24. The van der Waals surface area contributed by atoms with Crippen molar-refractivity contribution < 1.29 is 9.59 Å². The lowest BCUT2D eigenvalue weighted by atomic mass is 9.73. The maximum Gasteiger partial charge on any atom is 0.257 e. The topological polar surface area (TPSA) is 75.2 Å². The largest absolute Gasteiger partial charge is 0.359 e. The van der Waals surface area contributed by atoms with E-state index in [0.29, 0.717) is 36.6 Å². The zero-order valence-corrected chi connectivity index (χ0v) is 19.5. The van der Waals surface area contributed by atoms with Gasteiger partial charge in [0.2, 0.25) is 5.91 Å². The number of nitrogens with zero attached hydrogens (tertiary/aromatic N) is 3. The van der Waals surface area contributed by atoms with E-state index in [1.54, 1.807) is 29.5 Å². The van der Waals surface area contributed by atoms with Crippen LogP contribution in [0.15, 0.2) is 48.0 Å². The Kier molecular flexibility index (Phi) is 6.37. The van der Waals surface area contributed by atoms with Crippen molar-refractivity contribution in [2.24, 2.45) is 5.41 Å². The van der Waals surface area contributed by atoms with Gasteiger partial charge in [0, 0.05) is 31.2 Å². The summed E-state index contributed by atoms with van der Waals surface area (Å²) >= 11 is 1.69. The highest BCUT2D eigenvalue weighted by atomic mass is 32.1. The number of benzene rings is 1. The maximum atomic E-state index is 13.4. The Bertz CT molecular complexity index is 1130. The van der Waals surface area contributed by atoms with Gasteiger partial charge in [0.1, 0.15) is 5.82 Å². The van der Waals surface area contributed by atoms with E-state index >= 15 is 0 Å². The summed E-state index contributed by atoms with van der Waals surface area (Å²) in [6.45, 7) is 4.63. The summed E-state index contributed by atoms with van der Waals surface area (Å²) in [6, 6.07) is 12.4. The number of hydrogen-bond donors (Lipinski definition) is 1. The average molecular weight is 449 g/mol. The van der Waals surface area contributed by atoms with Crippen LogP contribution in [0.5, 0.6) is 0 Å². The first-order valence-corrected chi connectivity index (χ1v) is 11.7. The number of aromatic nitrogens is 2. The first-order valence-electron chi connectivity index (χ1n) is 10.9. The summed E-state index contributed by atoms with van der Waals surface area (Å²) < 4.78 is 0. The van der Waals surface area contributed by atoms with Crippen molar-refractivity contribution in [2.75, 3.05) is 20.1 Å². The standard InChI is InChI=1S/C25H28N4O2S/c1-17-21(15-27-18(2)28-17)23(30)29-12-7-11-25(16-29,24(31)26-3)14-19-8-4-5-9-20(19)22-10-6-13-32-22/h4-6,8-10,13,15H,7,11-12,14,16H2,1-3H3,(H,26,31)/t25-/m1/s1. The zero-order valence-electron chi connectivity index (χ0n) is 18.7. The minimum Gasteiger partial charge on any atom is -0.359 e. The number of amides is 2. The fraction of sp³-hybridized carbons (Fsp3) is 0.360. The fourth-order valence-corrected chi connectivity index (χ4v) is 5.44. The van der Waals surface area contributed by atoms with Gasteiger partial charge in [-0.15, -0.1) is 11.3 Å². The first kappa shape index (κ1) is 22.1. The molecule has 0 radical (unpaired) electrons. The summed E-state index contributed by atoms with van der Waals surface area (Å²) in [6.07, 6.45) is 3.68. The molecular weight excluding hydrogens is 420 g/mol. The summed E-state index contributed by atoms with van der Waals surface area (Å²) in [5.41, 5.74) is 2.76. The Morgan fingerprint density at radius 3 is 2.72 bits per heavy atom. The van der Waals surface area contributed by atoms with Crippen LogP contribution in [0.2, 0.25) is 0 Å². The van der Waals surface area contributed by atoms with Crippen molar-refractivity contribution in [2.45, 2.75) is 33.1 Å². The van der Waals surface area contributed by atoms with Gasteiger partial charge >= 0.3 is 0 Å². The zero-order chi connectivity index (χ0) is 22.7. The Morgan fingerprint density at radius 2 is 2.00 bits per heavy atom. The molecule has 6 nitrogen and oxygen atoms in total. The van der Waals surface area contributed by atoms with E-state index in [-0.39, 0.29) is 11.8 Å². The number of aryl methyl sites for hydroxylation is 2. The van der Waals surface area contributed by atoms with Crippen LogP contribution < -0.4 is 5.32 Å². The molecule has 2 amide bonds. The predicted molar refractivity (Wildman–Crippen MR) is 127 cm³/mol. The van der Waals surface area contributed by atoms with E-state index in [4.69, 9.17) is 0 Å². The molecule has 2 aromatic heterocycles. The molecule has 0 aliphatic carbocycles. The van der Waals surface area contributed by atoms with Crippen molar-refractivity contribution in [1.29, 1.82) is 0 Å². The summed E-state index contributed by atoms with van der Waals surface area (Å²) in [4.78, 5) is 38.1. The molecule has 1 aliphatic heterocycles. The van der Waals surface area contributed by atoms with E-state index in [1.165, 1.54) is 4.88 Å². The maximum absolute atomic E-state index is 13.4. The molecule has 32 heavy (non-hydrogen) atoms. The fourth-order valence-electron chi connectivity index (χ4n) is 4.65. The molecule has 0 bridgehead atoms. The molecule has 4 rings (SSSR count). The summed E-state index contributed by atoms with van der Waals surface area (Å²) in [5, 5.41) is 4.93. The van der Waals surface area contributed by atoms with Crippen molar-refractivity contribution >= 4 is 23.2 Å². The Hall–Kier alpha value is -3.06. The lowest BCUT2D eigenvalue weighted by Gasteiger charge is -2.42. The van der Waals surface area contributed by atoms with E-state index in [9.17, 15) is 9.59 Å². The second-order valence-corrected chi connectivity index (χ2v) is 9.36. The van der Waals surface area contributed by atoms with Gasteiger partial charge in [-0.1, -0.05) is 30.3 Å². The predicted octanol–water partition coefficient (Wildman–Crippen LogP) is 4.03. The second-order valence-electron chi connectivity index (χ2n) is 8.42. The SMILES string of the molecule is CNC(=O)[C@@]1(Cc2ccccc2-c2cccs2)CCCN(C(=O)c2cnc(C)nc2C)C1. The number of hydrogen-bond acceptors (Lipinski definition) is 5. The van der Waals surface area contributed by atoms with Gasteiger partial charge in [-0.25, -0.2) is 9.97 Å². The summed E-state index contributed by atoms with van der Waals surface area (Å²) in [5.74, 6) is 0.512. The molecule has 1 aliphatic rings. The molecule has 0 saturated carbocycles. The smallest absolute Gasteiger partial charge is 0.257 e. The van der Waals surface area contributed by atoms with Crippen LogP contribution in [0.1, 0.15) is 40.3 Å². The van der Waals surface area contributed by atoms with Crippen LogP contribution in [0, 0.1) is 19.3 Å². The minimum absolute atomic E-state index is 0.0205. The van der Waals surface area contributed by atoms with Crippen LogP contribution in [0.25, 0.3) is 10.4 Å². The van der Waals surface area contributed by atoms with Gasteiger partial charge in [0.15, 0.2) is 0 Å². The molecule has 3 heterocycles. The van der Waals surface area contributed by atoms with Crippen molar-refractivity contribution in [1.82, 2.24) is 20.2 Å². The lowest BCUT2D eigenvalue weighted by molar-refractivity contribution is -0.133. The van der Waals surface area contributed by atoms with Crippen molar-refractivity contribution in [3.05, 3.63) is 70.6 Å². The van der Waals surface area contributed by atoms with E-state index in [0.717, 1.165) is 24.0 Å². The third-order valence-corrected chi connectivity index (χ3v) is 7.14. The van der Waals surface area contributed by atoms with E-state index in [2.05, 4.69) is 38.9 Å². The van der Waals surface area contributed by atoms with Gasteiger partial charge in [-0.2, -0.15) is 0 Å².